The van der Waals surface area contributed by atoms with Crippen LogP contribution in [-0.2, 0) is 9.53 Å². The van der Waals surface area contributed by atoms with E-state index in [-0.39, 0.29) is 19.0 Å². The summed E-state index contributed by atoms with van der Waals surface area (Å²) in [4.78, 5) is 11.8. The monoisotopic (exact) mass is 300 g/mol. The van der Waals surface area contributed by atoms with E-state index in [9.17, 15) is 4.79 Å². The molecule has 1 atom stereocenters. The third kappa shape index (κ3) is 7.88. The van der Waals surface area contributed by atoms with Crippen LogP contribution in [0.25, 0.3) is 0 Å². The van der Waals surface area contributed by atoms with E-state index in [1.165, 1.54) is 0 Å². The molecule has 0 aliphatic rings. The predicted octanol–water partition coefficient (Wildman–Crippen LogP) is 2.83. The summed E-state index contributed by atoms with van der Waals surface area (Å²) >= 11 is 0. The van der Waals surface area contributed by atoms with Crippen molar-refractivity contribution in [3.05, 3.63) is 0 Å². The van der Waals surface area contributed by atoms with Crippen molar-refractivity contribution in [1.82, 2.24) is 0 Å². The van der Waals surface area contributed by atoms with Gasteiger partial charge >= 0.3 is 5.97 Å². The molecule has 0 N–H and O–H groups in total. The third-order valence-corrected chi connectivity index (χ3v) is 3.31. The maximum Gasteiger partial charge on any atom is 0.309 e. The Kier molecular flexibility index (Phi) is 10.8. The Hall–Kier alpha value is -2.57. The van der Waals surface area contributed by atoms with Gasteiger partial charge in [0.25, 0.3) is 0 Å². The van der Waals surface area contributed by atoms with Gasteiger partial charge < -0.3 is 4.74 Å². The van der Waals surface area contributed by atoms with E-state index < -0.39 is 17.8 Å². The number of esters is 1. The fourth-order valence-electron chi connectivity index (χ4n) is 2.08. The van der Waals surface area contributed by atoms with Crippen LogP contribution in [0.4, 0.5) is 0 Å². The average Bonchev–Trinajstić information content (AvgIpc) is 2.54. The Morgan fingerprint density at radius 3 is 1.95 bits per heavy atom. The van der Waals surface area contributed by atoms with Crippen LogP contribution in [0.1, 0.15) is 45.4 Å². The lowest BCUT2D eigenvalue weighted by atomic mass is 9.91. The normalized spacial score (nSPS) is 11.0. The van der Waals surface area contributed by atoms with E-state index in [0.717, 1.165) is 19.3 Å². The molecule has 0 saturated carbocycles. The van der Waals surface area contributed by atoms with Gasteiger partial charge in [-0.15, -0.1) is 0 Å². The van der Waals surface area contributed by atoms with E-state index in [4.69, 9.17) is 25.8 Å². The van der Waals surface area contributed by atoms with Crippen molar-refractivity contribution >= 4 is 5.97 Å². The van der Waals surface area contributed by atoms with Gasteiger partial charge in [0.1, 0.15) is 11.8 Å². The summed E-state index contributed by atoms with van der Waals surface area (Å²) in [6.07, 6.45) is 3.51. The summed E-state index contributed by atoms with van der Waals surface area (Å²) in [6, 6.07) is 7.58. The summed E-state index contributed by atoms with van der Waals surface area (Å²) in [6.45, 7) is 1.98. The molecule has 0 fully saturated rings. The first-order chi connectivity index (χ1) is 10.6. The molecule has 0 bridgehead atoms. The number of hydrogen-bond donors (Lipinski definition) is 0. The Morgan fingerprint density at radius 2 is 1.45 bits per heavy atom. The van der Waals surface area contributed by atoms with Gasteiger partial charge in [0.2, 0.25) is 0 Å². The number of unbranched alkanes of at least 4 members (excludes halogenated alkanes) is 2. The highest BCUT2D eigenvalue weighted by Crippen LogP contribution is 2.21. The lowest BCUT2D eigenvalue weighted by Gasteiger charge is -2.15. The maximum atomic E-state index is 11.8. The second-order valence-corrected chi connectivity index (χ2v) is 4.94. The van der Waals surface area contributed by atoms with Crippen LogP contribution in [0.2, 0.25) is 0 Å². The molecule has 116 valence electrons. The smallest absolute Gasteiger partial charge is 0.309 e. The molecular formula is C16H20N4O2. The van der Waals surface area contributed by atoms with Crippen molar-refractivity contribution in [2.75, 3.05) is 6.61 Å². The molecule has 0 spiro atoms. The topological polar surface area (TPSA) is 121 Å². The van der Waals surface area contributed by atoms with Crippen molar-refractivity contribution in [3.63, 3.8) is 0 Å². The lowest BCUT2D eigenvalue weighted by molar-refractivity contribution is -0.148. The summed E-state index contributed by atoms with van der Waals surface area (Å²) in [5.74, 6) is -2.21. The Bertz CT molecular complexity index is 476. The van der Waals surface area contributed by atoms with Crippen molar-refractivity contribution in [2.45, 2.75) is 45.4 Å². The number of nitrogens with zero attached hydrogens (tertiary/aromatic N) is 4. The molecule has 22 heavy (non-hydrogen) atoms. The van der Waals surface area contributed by atoms with E-state index in [0.29, 0.717) is 12.8 Å². The van der Waals surface area contributed by atoms with Crippen molar-refractivity contribution in [1.29, 1.82) is 21.0 Å². The maximum absolute atomic E-state index is 11.8. The van der Waals surface area contributed by atoms with Gasteiger partial charge in [-0.25, -0.2) is 0 Å². The summed E-state index contributed by atoms with van der Waals surface area (Å²) < 4.78 is 4.98. The van der Waals surface area contributed by atoms with Gasteiger partial charge in [-0.1, -0.05) is 19.3 Å². The van der Waals surface area contributed by atoms with Crippen LogP contribution in [-0.4, -0.2) is 12.6 Å². The molecule has 0 amide bonds. The first-order valence-corrected chi connectivity index (χ1v) is 7.37. The Labute approximate surface area is 131 Å². The zero-order valence-electron chi connectivity index (χ0n) is 12.8. The van der Waals surface area contributed by atoms with E-state index in [2.05, 4.69) is 0 Å². The van der Waals surface area contributed by atoms with E-state index >= 15 is 0 Å². The number of ether oxygens (including phenoxy) is 1. The number of nitriles is 4. The van der Waals surface area contributed by atoms with Crippen LogP contribution in [0.15, 0.2) is 0 Å². The zero-order chi connectivity index (χ0) is 16.8. The molecule has 0 aromatic carbocycles. The molecule has 0 heterocycles. The third-order valence-electron chi connectivity index (χ3n) is 3.31. The molecule has 0 radical (unpaired) electrons. The molecule has 0 aliphatic heterocycles. The van der Waals surface area contributed by atoms with Crippen molar-refractivity contribution in [2.24, 2.45) is 17.8 Å². The first kappa shape index (κ1) is 19.4. The SMILES string of the molecule is CCOC(=O)C(CCCCCC(C#N)C#N)CC(C#N)C#N. The minimum Gasteiger partial charge on any atom is -0.466 e. The van der Waals surface area contributed by atoms with Crippen LogP contribution >= 0.6 is 0 Å². The van der Waals surface area contributed by atoms with Gasteiger partial charge in [-0.2, -0.15) is 21.0 Å². The fraction of sp³-hybridized carbons (Fsp3) is 0.688. The molecule has 1 unspecified atom stereocenters. The van der Waals surface area contributed by atoms with Crippen molar-refractivity contribution < 1.29 is 9.53 Å². The van der Waals surface area contributed by atoms with Gasteiger partial charge in [-0.3, -0.25) is 4.79 Å². The second-order valence-electron chi connectivity index (χ2n) is 4.94. The van der Waals surface area contributed by atoms with Gasteiger partial charge in [0.15, 0.2) is 0 Å². The largest absolute Gasteiger partial charge is 0.466 e. The average molecular weight is 300 g/mol. The van der Waals surface area contributed by atoms with Crippen LogP contribution < -0.4 is 0 Å². The number of hydrogen-bond acceptors (Lipinski definition) is 6. The van der Waals surface area contributed by atoms with Gasteiger partial charge in [0, 0.05) is 0 Å². The highest BCUT2D eigenvalue weighted by atomic mass is 16.5. The van der Waals surface area contributed by atoms with Gasteiger partial charge in [-0.05, 0) is 26.2 Å². The molecule has 0 rings (SSSR count). The summed E-state index contributed by atoms with van der Waals surface area (Å²) in [5, 5.41) is 35.0. The van der Waals surface area contributed by atoms with Crippen molar-refractivity contribution in [3.8, 4) is 24.3 Å². The molecule has 0 aliphatic carbocycles. The Morgan fingerprint density at radius 1 is 0.909 bits per heavy atom. The lowest BCUT2D eigenvalue weighted by Crippen LogP contribution is -2.20. The van der Waals surface area contributed by atoms with Gasteiger partial charge in [0.05, 0.1) is 36.8 Å². The number of carbonyl (C=O) groups excluding carboxylic acids is 1. The zero-order valence-corrected chi connectivity index (χ0v) is 12.8. The van der Waals surface area contributed by atoms with E-state index in [1.807, 2.05) is 24.3 Å². The van der Waals surface area contributed by atoms with E-state index in [1.54, 1.807) is 6.92 Å². The molecule has 0 aromatic heterocycles. The fourth-order valence-corrected chi connectivity index (χ4v) is 2.08. The summed E-state index contributed by atoms with van der Waals surface area (Å²) in [7, 11) is 0. The molecule has 6 nitrogen and oxygen atoms in total. The molecular weight excluding hydrogens is 280 g/mol. The summed E-state index contributed by atoms with van der Waals surface area (Å²) in [5.41, 5.74) is 0. The minimum atomic E-state index is -0.809. The van der Waals surface area contributed by atoms with Crippen LogP contribution in [0.5, 0.6) is 0 Å². The highest BCUT2D eigenvalue weighted by molar-refractivity contribution is 5.72. The molecule has 6 heteroatoms. The quantitative estimate of drug-likeness (QED) is 0.451. The predicted molar refractivity (Wildman–Crippen MR) is 77.3 cm³/mol. The Balaban J connectivity index is 4.29. The number of carbonyl (C=O) groups is 1. The second kappa shape index (κ2) is 12.2. The number of rotatable bonds is 10. The minimum absolute atomic E-state index is 0.185. The molecule has 0 saturated heterocycles. The van der Waals surface area contributed by atoms with Crippen LogP contribution in [0.3, 0.4) is 0 Å². The standard InChI is InChI=1S/C16H20N4O2/c1-2-22-16(21)15(8-14(11-19)12-20)7-5-3-4-6-13(9-17)10-18/h13-15H,2-8H2,1H3. The molecule has 0 aromatic rings. The first-order valence-electron chi connectivity index (χ1n) is 7.37. The highest BCUT2D eigenvalue weighted by Gasteiger charge is 2.23. The van der Waals surface area contributed by atoms with Crippen LogP contribution in [0, 0.1) is 63.1 Å².